The molecule has 1 aromatic heterocycles. The molecule has 2 aliphatic rings. The van der Waals surface area contributed by atoms with Crippen molar-refractivity contribution in [2.24, 2.45) is 0 Å². The van der Waals surface area contributed by atoms with Crippen molar-refractivity contribution < 1.29 is 9.59 Å². The summed E-state index contributed by atoms with van der Waals surface area (Å²) in [5, 5.41) is 15.1. The highest BCUT2D eigenvalue weighted by Gasteiger charge is 2.20. The van der Waals surface area contributed by atoms with E-state index < -0.39 is 0 Å². The molecule has 1 aromatic carbocycles. The van der Waals surface area contributed by atoms with E-state index in [4.69, 9.17) is 0 Å². The molecule has 1 saturated heterocycles. The fraction of sp³-hybridized carbons (Fsp3) is 0.500. The van der Waals surface area contributed by atoms with Crippen LogP contribution >= 0.6 is 0 Å². The molecule has 0 radical (unpaired) electrons. The van der Waals surface area contributed by atoms with E-state index in [1.165, 1.54) is 11.8 Å². The molecule has 0 atom stereocenters. The predicted octanol–water partition coefficient (Wildman–Crippen LogP) is 2.47. The SMILES string of the molecule is CN1CCN(Cc2ccc(NC(=O)c3[nH]ncc3NC(=O)NC3CCCC3)cc2)CC1. The van der Waals surface area contributed by atoms with E-state index >= 15 is 0 Å². The molecule has 9 nitrogen and oxygen atoms in total. The lowest BCUT2D eigenvalue weighted by Crippen LogP contribution is -2.43. The van der Waals surface area contributed by atoms with Gasteiger partial charge in [0.05, 0.1) is 11.9 Å². The highest BCUT2D eigenvalue weighted by molar-refractivity contribution is 6.08. The van der Waals surface area contributed by atoms with Crippen molar-refractivity contribution in [3.8, 4) is 0 Å². The van der Waals surface area contributed by atoms with Crippen LogP contribution in [-0.4, -0.2) is 71.2 Å². The summed E-state index contributed by atoms with van der Waals surface area (Å²) in [5.41, 5.74) is 2.50. The van der Waals surface area contributed by atoms with Crippen LogP contribution in [0, 0.1) is 0 Å². The Hall–Kier alpha value is -2.91. The quantitative estimate of drug-likeness (QED) is 0.569. The summed E-state index contributed by atoms with van der Waals surface area (Å²) in [6, 6.07) is 7.77. The van der Waals surface area contributed by atoms with Gasteiger partial charge in [-0.15, -0.1) is 0 Å². The standard InChI is InChI=1S/C22H31N7O2/c1-28-10-12-29(13-11-28)15-16-6-8-18(9-7-16)24-21(30)20-19(14-23-27-20)26-22(31)25-17-4-2-3-5-17/h6-9,14,17H,2-5,10-13,15H2,1H3,(H,23,27)(H,24,30)(H2,25,26,31). The predicted molar refractivity (Wildman–Crippen MR) is 120 cm³/mol. The summed E-state index contributed by atoms with van der Waals surface area (Å²) >= 11 is 0. The first kappa shape index (κ1) is 21.3. The van der Waals surface area contributed by atoms with E-state index in [1.807, 2.05) is 24.3 Å². The third kappa shape index (κ3) is 5.83. The van der Waals surface area contributed by atoms with Gasteiger partial charge in [-0.05, 0) is 37.6 Å². The average Bonchev–Trinajstić information content (AvgIpc) is 3.43. The van der Waals surface area contributed by atoms with Gasteiger partial charge in [0.15, 0.2) is 0 Å². The summed E-state index contributed by atoms with van der Waals surface area (Å²) in [6.07, 6.45) is 5.72. The van der Waals surface area contributed by atoms with E-state index in [9.17, 15) is 9.59 Å². The average molecular weight is 426 g/mol. The molecule has 166 valence electrons. The van der Waals surface area contributed by atoms with Crippen LogP contribution in [0.15, 0.2) is 30.5 Å². The first-order chi connectivity index (χ1) is 15.1. The second kappa shape index (κ2) is 9.93. The van der Waals surface area contributed by atoms with E-state index in [1.54, 1.807) is 0 Å². The second-order valence-electron chi connectivity index (χ2n) is 8.47. The Morgan fingerprint density at radius 2 is 1.77 bits per heavy atom. The zero-order valence-corrected chi connectivity index (χ0v) is 18.0. The number of hydrogen-bond acceptors (Lipinski definition) is 5. The number of carbonyl (C=O) groups excluding carboxylic acids is 2. The monoisotopic (exact) mass is 425 g/mol. The van der Waals surface area contributed by atoms with Gasteiger partial charge in [0.2, 0.25) is 0 Å². The third-order valence-corrected chi connectivity index (χ3v) is 6.02. The number of piperazine rings is 1. The van der Waals surface area contributed by atoms with Crippen molar-refractivity contribution in [2.75, 3.05) is 43.9 Å². The minimum atomic E-state index is -0.347. The van der Waals surface area contributed by atoms with Crippen LogP contribution in [0.2, 0.25) is 0 Å². The van der Waals surface area contributed by atoms with Gasteiger partial charge >= 0.3 is 6.03 Å². The summed E-state index contributed by atoms with van der Waals surface area (Å²) in [5.74, 6) is -0.347. The Morgan fingerprint density at radius 1 is 1.06 bits per heavy atom. The number of nitrogens with one attached hydrogen (secondary N) is 4. The smallest absolute Gasteiger partial charge is 0.319 e. The molecule has 0 unspecified atom stereocenters. The summed E-state index contributed by atoms with van der Waals surface area (Å²) in [6.45, 7) is 5.23. The number of benzene rings is 1. The fourth-order valence-electron chi connectivity index (χ4n) is 4.12. The Balaban J connectivity index is 1.30. The van der Waals surface area contributed by atoms with Crippen LogP contribution in [0.5, 0.6) is 0 Å². The van der Waals surface area contributed by atoms with Gasteiger partial charge in [0.25, 0.3) is 5.91 Å². The number of likely N-dealkylation sites (N-methyl/N-ethyl adjacent to an activating group) is 1. The number of aromatic amines is 1. The number of nitrogens with zero attached hydrogens (tertiary/aromatic N) is 3. The maximum atomic E-state index is 12.7. The zero-order valence-electron chi connectivity index (χ0n) is 18.0. The molecule has 0 bridgehead atoms. The summed E-state index contributed by atoms with van der Waals surface area (Å²) < 4.78 is 0. The third-order valence-electron chi connectivity index (χ3n) is 6.02. The minimum Gasteiger partial charge on any atom is -0.335 e. The molecule has 31 heavy (non-hydrogen) atoms. The number of amides is 3. The van der Waals surface area contributed by atoms with Crippen LogP contribution < -0.4 is 16.0 Å². The van der Waals surface area contributed by atoms with Crippen molar-refractivity contribution in [3.05, 3.63) is 41.7 Å². The van der Waals surface area contributed by atoms with Crippen LogP contribution in [0.25, 0.3) is 0 Å². The molecule has 2 fully saturated rings. The van der Waals surface area contributed by atoms with E-state index in [2.05, 4.69) is 43.0 Å². The van der Waals surface area contributed by atoms with Crippen molar-refractivity contribution in [2.45, 2.75) is 38.3 Å². The molecule has 1 saturated carbocycles. The summed E-state index contributed by atoms with van der Waals surface area (Å²) in [7, 11) is 2.15. The minimum absolute atomic E-state index is 0.202. The van der Waals surface area contributed by atoms with Gasteiger partial charge in [-0.1, -0.05) is 25.0 Å². The van der Waals surface area contributed by atoms with Crippen LogP contribution in [-0.2, 0) is 6.54 Å². The van der Waals surface area contributed by atoms with Crippen LogP contribution in [0.1, 0.15) is 41.7 Å². The molecule has 4 rings (SSSR count). The molecule has 1 aliphatic carbocycles. The Labute approximate surface area is 182 Å². The van der Waals surface area contributed by atoms with Crippen LogP contribution in [0.4, 0.5) is 16.2 Å². The van der Waals surface area contributed by atoms with Gasteiger partial charge in [-0.2, -0.15) is 5.10 Å². The molecule has 1 aliphatic heterocycles. The largest absolute Gasteiger partial charge is 0.335 e. The highest BCUT2D eigenvalue weighted by atomic mass is 16.2. The Bertz CT molecular complexity index is 882. The van der Waals surface area contributed by atoms with E-state index in [-0.39, 0.29) is 23.7 Å². The molecule has 2 heterocycles. The first-order valence-corrected chi connectivity index (χ1v) is 11.0. The number of urea groups is 1. The van der Waals surface area contributed by atoms with Gasteiger partial charge in [-0.25, -0.2) is 4.79 Å². The summed E-state index contributed by atoms with van der Waals surface area (Å²) in [4.78, 5) is 29.7. The lowest BCUT2D eigenvalue weighted by Gasteiger charge is -2.32. The van der Waals surface area contributed by atoms with Gasteiger partial charge in [-0.3, -0.25) is 14.8 Å². The van der Waals surface area contributed by atoms with Gasteiger partial charge < -0.3 is 20.9 Å². The number of hydrogen-bond donors (Lipinski definition) is 4. The fourth-order valence-corrected chi connectivity index (χ4v) is 4.12. The van der Waals surface area contributed by atoms with Crippen LogP contribution in [0.3, 0.4) is 0 Å². The van der Waals surface area contributed by atoms with Crippen molar-refractivity contribution in [1.29, 1.82) is 0 Å². The molecule has 4 N–H and O–H groups in total. The van der Waals surface area contributed by atoms with Gasteiger partial charge in [0.1, 0.15) is 5.69 Å². The van der Waals surface area contributed by atoms with Crippen molar-refractivity contribution >= 4 is 23.3 Å². The highest BCUT2D eigenvalue weighted by Crippen LogP contribution is 2.19. The maximum absolute atomic E-state index is 12.7. The lowest BCUT2D eigenvalue weighted by molar-refractivity contribution is 0.102. The van der Waals surface area contributed by atoms with E-state index in [0.717, 1.165) is 58.4 Å². The van der Waals surface area contributed by atoms with Crippen molar-refractivity contribution in [3.63, 3.8) is 0 Å². The number of aromatic nitrogens is 2. The number of anilines is 2. The zero-order chi connectivity index (χ0) is 21.6. The maximum Gasteiger partial charge on any atom is 0.319 e. The molecule has 3 amide bonds. The number of H-pyrrole nitrogens is 1. The molecule has 2 aromatic rings. The molecule has 9 heteroatoms. The second-order valence-corrected chi connectivity index (χ2v) is 8.47. The normalized spacial score (nSPS) is 18.1. The number of carbonyl (C=O) groups is 2. The Kier molecular flexibility index (Phi) is 6.83. The lowest BCUT2D eigenvalue weighted by atomic mass is 10.1. The first-order valence-electron chi connectivity index (χ1n) is 11.0. The van der Waals surface area contributed by atoms with E-state index in [0.29, 0.717) is 11.4 Å². The molecular weight excluding hydrogens is 394 g/mol. The Morgan fingerprint density at radius 3 is 2.48 bits per heavy atom. The molecular formula is C22H31N7O2. The van der Waals surface area contributed by atoms with Crippen molar-refractivity contribution in [1.82, 2.24) is 25.3 Å². The number of rotatable bonds is 6. The molecule has 0 spiro atoms. The topological polar surface area (TPSA) is 105 Å². The van der Waals surface area contributed by atoms with Gasteiger partial charge in [0, 0.05) is 44.5 Å².